The second-order valence-electron chi connectivity index (χ2n) is 7.28. The average Bonchev–Trinajstić information content (AvgIpc) is 3.40. The lowest BCUT2D eigenvalue weighted by molar-refractivity contribution is -0.129. The maximum atomic E-state index is 12.6. The number of amides is 1. The summed E-state index contributed by atoms with van der Waals surface area (Å²) in [4.78, 5) is 19.5. The van der Waals surface area contributed by atoms with Crippen molar-refractivity contribution < 1.29 is 13.2 Å². The third-order valence-corrected chi connectivity index (χ3v) is 9.08. The van der Waals surface area contributed by atoms with Crippen molar-refractivity contribution in [2.75, 3.05) is 13.1 Å². The molecule has 2 aromatic rings. The number of rotatable bonds is 6. The van der Waals surface area contributed by atoms with Crippen LogP contribution < -0.4 is 4.72 Å². The number of hydrogen-bond acceptors (Lipinski definition) is 6. The standard InChI is InChI=1S/C18H23N3O3S3/c1-12-20-15(11-25-12)16-6-7-18(26-16)27(23,24)19-9-13-8-17(22)21(10-13)14-4-2-3-5-14/h6-7,11,13-14,19H,2-5,8-10H2,1H3. The van der Waals surface area contributed by atoms with Crippen LogP contribution in [-0.4, -0.2) is 43.3 Å². The second kappa shape index (κ2) is 7.62. The van der Waals surface area contributed by atoms with Crippen molar-refractivity contribution in [3.63, 3.8) is 0 Å². The summed E-state index contributed by atoms with van der Waals surface area (Å²) in [6.07, 6.45) is 4.97. The van der Waals surface area contributed by atoms with Gasteiger partial charge in [0.25, 0.3) is 0 Å². The molecule has 0 bridgehead atoms. The number of carbonyl (C=O) groups is 1. The number of nitrogens with zero attached hydrogens (tertiary/aromatic N) is 2. The van der Waals surface area contributed by atoms with Gasteiger partial charge in [-0.3, -0.25) is 4.79 Å². The van der Waals surface area contributed by atoms with E-state index in [4.69, 9.17) is 0 Å². The van der Waals surface area contributed by atoms with Crippen LogP contribution in [-0.2, 0) is 14.8 Å². The lowest BCUT2D eigenvalue weighted by atomic mass is 10.1. The molecule has 1 atom stereocenters. The minimum atomic E-state index is -3.57. The van der Waals surface area contributed by atoms with Gasteiger partial charge in [0.2, 0.25) is 15.9 Å². The Kier molecular flexibility index (Phi) is 5.37. The van der Waals surface area contributed by atoms with Crippen LogP contribution in [0.5, 0.6) is 0 Å². The molecule has 4 rings (SSSR count). The highest BCUT2D eigenvalue weighted by atomic mass is 32.2. The highest BCUT2D eigenvalue weighted by molar-refractivity contribution is 7.91. The molecule has 2 aliphatic rings. The molecule has 6 nitrogen and oxygen atoms in total. The lowest BCUT2D eigenvalue weighted by Gasteiger charge is -2.24. The van der Waals surface area contributed by atoms with Crippen LogP contribution in [0.15, 0.2) is 21.7 Å². The van der Waals surface area contributed by atoms with Gasteiger partial charge in [0.05, 0.1) is 15.6 Å². The molecule has 1 N–H and O–H groups in total. The van der Waals surface area contributed by atoms with E-state index in [1.54, 1.807) is 23.5 Å². The van der Waals surface area contributed by atoms with Crippen molar-refractivity contribution in [2.24, 2.45) is 5.92 Å². The smallest absolute Gasteiger partial charge is 0.250 e. The quantitative estimate of drug-likeness (QED) is 0.770. The highest BCUT2D eigenvalue weighted by Crippen LogP contribution is 2.32. The van der Waals surface area contributed by atoms with Crippen LogP contribution in [0.4, 0.5) is 0 Å². The fraction of sp³-hybridized carbons (Fsp3) is 0.556. The van der Waals surface area contributed by atoms with Crippen LogP contribution in [0.1, 0.15) is 37.1 Å². The molecule has 1 saturated heterocycles. The first-order chi connectivity index (χ1) is 12.9. The largest absolute Gasteiger partial charge is 0.339 e. The summed E-state index contributed by atoms with van der Waals surface area (Å²) in [6.45, 7) is 2.90. The van der Waals surface area contributed by atoms with E-state index in [-0.39, 0.29) is 11.8 Å². The van der Waals surface area contributed by atoms with Crippen LogP contribution in [0, 0.1) is 12.8 Å². The first-order valence-electron chi connectivity index (χ1n) is 9.24. The molecule has 9 heteroatoms. The Morgan fingerprint density at radius 3 is 2.78 bits per heavy atom. The molecule has 1 amide bonds. The zero-order valence-electron chi connectivity index (χ0n) is 15.2. The molecule has 1 unspecified atom stereocenters. The van der Waals surface area contributed by atoms with Crippen LogP contribution >= 0.6 is 22.7 Å². The van der Waals surface area contributed by atoms with E-state index in [1.807, 2.05) is 17.2 Å². The topological polar surface area (TPSA) is 79.4 Å². The molecule has 0 spiro atoms. The van der Waals surface area contributed by atoms with E-state index >= 15 is 0 Å². The molecule has 3 heterocycles. The van der Waals surface area contributed by atoms with E-state index in [9.17, 15) is 13.2 Å². The van der Waals surface area contributed by atoms with Gasteiger partial charge in [-0.25, -0.2) is 18.1 Å². The minimum Gasteiger partial charge on any atom is -0.339 e. The van der Waals surface area contributed by atoms with Gasteiger partial charge in [0.15, 0.2) is 0 Å². The van der Waals surface area contributed by atoms with Gasteiger partial charge in [0.1, 0.15) is 4.21 Å². The Morgan fingerprint density at radius 1 is 1.30 bits per heavy atom. The number of hydrogen-bond donors (Lipinski definition) is 1. The zero-order valence-corrected chi connectivity index (χ0v) is 17.6. The fourth-order valence-electron chi connectivity index (χ4n) is 3.89. The van der Waals surface area contributed by atoms with E-state index < -0.39 is 10.0 Å². The molecule has 0 radical (unpaired) electrons. The third-order valence-electron chi connectivity index (χ3n) is 5.28. The number of likely N-dealkylation sites (tertiary alicyclic amines) is 1. The first kappa shape index (κ1) is 19.0. The molecule has 1 saturated carbocycles. The predicted molar refractivity (Wildman–Crippen MR) is 107 cm³/mol. The van der Waals surface area contributed by atoms with Gasteiger partial charge in [-0.1, -0.05) is 12.8 Å². The van der Waals surface area contributed by atoms with Crippen molar-refractivity contribution in [1.29, 1.82) is 0 Å². The Morgan fingerprint density at radius 2 is 2.07 bits per heavy atom. The van der Waals surface area contributed by atoms with Crippen LogP contribution in [0.3, 0.4) is 0 Å². The van der Waals surface area contributed by atoms with Crippen LogP contribution in [0.25, 0.3) is 10.6 Å². The Labute approximate surface area is 167 Å². The average molecular weight is 426 g/mol. The number of aromatic nitrogens is 1. The number of carbonyl (C=O) groups excluding carboxylic acids is 1. The molecule has 1 aliphatic carbocycles. The van der Waals surface area contributed by atoms with E-state index in [0.29, 0.717) is 29.8 Å². The van der Waals surface area contributed by atoms with Crippen LogP contribution in [0.2, 0.25) is 0 Å². The fourth-order valence-corrected chi connectivity index (χ4v) is 7.01. The number of thiazole rings is 1. The van der Waals surface area contributed by atoms with Gasteiger partial charge in [-0.2, -0.15) is 0 Å². The summed E-state index contributed by atoms with van der Waals surface area (Å²) in [5, 5.41) is 2.89. The van der Waals surface area contributed by atoms with E-state index in [0.717, 1.165) is 28.4 Å². The van der Waals surface area contributed by atoms with Gasteiger partial charge in [-0.15, -0.1) is 22.7 Å². The third kappa shape index (κ3) is 4.11. The number of aryl methyl sites for hydroxylation is 1. The Balaban J connectivity index is 1.38. The van der Waals surface area contributed by atoms with E-state index in [1.165, 1.54) is 24.2 Å². The number of thiophene rings is 1. The Hall–Kier alpha value is -1.29. The first-order valence-corrected chi connectivity index (χ1v) is 12.4. The number of sulfonamides is 1. The summed E-state index contributed by atoms with van der Waals surface area (Å²) in [7, 11) is -3.57. The molecule has 146 valence electrons. The molecule has 2 fully saturated rings. The summed E-state index contributed by atoms with van der Waals surface area (Å²) in [5.74, 6) is 0.219. The maximum Gasteiger partial charge on any atom is 0.250 e. The second-order valence-corrected chi connectivity index (χ2v) is 11.4. The Bertz CT molecular complexity index is 929. The van der Waals surface area contributed by atoms with Crippen molar-refractivity contribution >= 4 is 38.6 Å². The van der Waals surface area contributed by atoms with Crippen molar-refractivity contribution in [2.45, 2.75) is 49.3 Å². The van der Waals surface area contributed by atoms with Gasteiger partial charge < -0.3 is 4.90 Å². The van der Waals surface area contributed by atoms with Crippen molar-refractivity contribution in [3.8, 4) is 10.6 Å². The van der Waals surface area contributed by atoms with Gasteiger partial charge in [0, 0.05) is 30.9 Å². The van der Waals surface area contributed by atoms with Gasteiger partial charge >= 0.3 is 0 Å². The summed E-state index contributed by atoms with van der Waals surface area (Å²) in [6, 6.07) is 3.79. The predicted octanol–water partition coefficient (Wildman–Crippen LogP) is 3.25. The molecule has 2 aromatic heterocycles. The normalized spacial score (nSPS) is 21.4. The number of nitrogens with one attached hydrogen (secondary N) is 1. The SMILES string of the molecule is Cc1nc(-c2ccc(S(=O)(=O)NCC3CC(=O)N(C4CCCC4)C3)s2)cs1. The molecule has 0 aromatic carbocycles. The summed E-state index contributed by atoms with van der Waals surface area (Å²) < 4.78 is 28.3. The maximum absolute atomic E-state index is 12.6. The molecule has 27 heavy (non-hydrogen) atoms. The minimum absolute atomic E-state index is 0.0495. The summed E-state index contributed by atoms with van der Waals surface area (Å²) >= 11 is 2.77. The lowest BCUT2D eigenvalue weighted by Crippen LogP contribution is -2.35. The highest BCUT2D eigenvalue weighted by Gasteiger charge is 2.35. The van der Waals surface area contributed by atoms with Gasteiger partial charge in [-0.05, 0) is 37.8 Å². The van der Waals surface area contributed by atoms with Crippen molar-refractivity contribution in [1.82, 2.24) is 14.6 Å². The monoisotopic (exact) mass is 425 g/mol. The molecular weight excluding hydrogens is 402 g/mol. The zero-order chi connectivity index (χ0) is 19.0. The van der Waals surface area contributed by atoms with E-state index in [2.05, 4.69) is 9.71 Å². The van der Waals surface area contributed by atoms with Crippen molar-refractivity contribution in [3.05, 3.63) is 22.5 Å². The molecular formula is C18H23N3O3S3. The molecule has 1 aliphatic heterocycles. The summed E-state index contributed by atoms with van der Waals surface area (Å²) in [5.41, 5.74) is 0.817.